The fourth-order valence-electron chi connectivity index (χ4n) is 1.18. The Morgan fingerprint density at radius 2 is 2.29 bits per heavy atom. The summed E-state index contributed by atoms with van der Waals surface area (Å²) in [5.74, 6) is -0.641. The van der Waals surface area contributed by atoms with Crippen molar-refractivity contribution in [3.05, 3.63) is 36.9 Å². The van der Waals surface area contributed by atoms with Gasteiger partial charge in [0.25, 0.3) is 5.69 Å². The molecule has 0 aliphatic carbocycles. The second-order valence-electron chi connectivity index (χ2n) is 2.94. The molecule has 0 unspecified atom stereocenters. The Bertz CT molecular complexity index is 522. The van der Waals surface area contributed by atoms with Crippen LogP contribution in [0.15, 0.2) is 12.1 Å². The largest absolute Gasteiger partial charge is 0.462 e. The minimum atomic E-state index is -0.691. The number of hydrogen-bond donors (Lipinski definition) is 0. The minimum absolute atomic E-state index is 0.0522. The lowest BCUT2D eigenvalue weighted by atomic mass is 10.1. The molecule has 0 saturated carbocycles. The molecule has 7 heteroatoms. The number of nitro groups is 1. The first-order valence-corrected chi connectivity index (χ1v) is 5.64. The van der Waals surface area contributed by atoms with E-state index < -0.39 is 10.9 Å². The molecule has 0 radical (unpaired) electrons. The van der Waals surface area contributed by atoms with Gasteiger partial charge in [-0.3, -0.25) is 10.1 Å². The number of esters is 1. The summed E-state index contributed by atoms with van der Waals surface area (Å²) in [4.78, 5) is 21.5. The highest BCUT2D eigenvalue weighted by molar-refractivity contribution is 14.1. The smallest absolute Gasteiger partial charge is 0.338 e. The van der Waals surface area contributed by atoms with Crippen LogP contribution in [0.5, 0.6) is 0 Å². The van der Waals surface area contributed by atoms with Crippen molar-refractivity contribution in [1.29, 1.82) is 5.26 Å². The maximum atomic E-state index is 11.4. The van der Waals surface area contributed by atoms with Crippen molar-refractivity contribution in [1.82, 2.24) is 0 Å². The lowest BCUT2D eigenvalue weighted by Gasteiger charge is -2.04. The highest BCUT2D eigenvalue weighted by Crippen LogP contribution is 2.25. The topological polar surface area (TPSA) is 93.2 Å². The number of nitrogens with zero attached hydrogens (tertiary/aromatic N) is 2. The number of benzene rings is 1. The number of ether oxygens (including phenoxy) is 1. The number of carbonyl (C=O) groups is 1. The predicted molar refractivity (Wildman–Crippen MR) is 66.5 cm³/mol. The molecule has 0 saturated heterocycles. The van der Waals surface area contributed by atoms with Crippen LogP contribution >= 0.6 is 22.6 Å². The summed E-state index contributed by atoms with van der Waals surface area (Å²) >= 11 is 1.77. The Morgan fingerprint density at radius 3 is 2.76 bits per heavy atom. The van der Waals surface area contributed by atoms with Gasteiger partial charge in [0.2, 0.25) is 0 Å². The molecular formula is C10H7IN2O4. The summed E-state index contributed by atoms with van der Waals surface area (Å²) in [6.45, 7) is 1.82. The van der Waals surface area contributed by atoms with Gasteiger partial charge < -0.3 is 4.74 Å². The third-order valence-electron chi connectivity index (χ3n) is 1.89. The van der Waals surface area contributed by atoms with Crippen molar-refractivity contribution in [3.8, 4) is 6.07 Å². The summed E-state index contributed by atoms with van der Waals surface area (Å²) in [6, 6.07) is 4.19. The maximum Gasteiger partial charge on any atom is 0.338 e. The highest BCUT2D eigenvalue weighted by atomic mass is 127. The van der Waals surface area contributed by atoms with Gasteiger partial charge in [-0.1, -0.05) is 0 Å². The molecule has 0 N–H and O–H groups in total. The van der Waals surface area contributed by atoms with Gasteiger partial charge in [-0.15, -0.1) is 0 Å². The first kappa shape index (κ1) is 13.4. The molecular weight excluding hydrogens is 339 g/mol. The van der Waals surface area contributed by atoms with Crippen molar-refractivity contribution in [2.24, 2.45) is 0 Å². The van der Waals surface area contributed by atoms with Crippen molar-refractivity contribution in [3.63, 3.8) is 0 Å². The molecule has 0 spiro atoms. The normalized spacial score (nSPS) is 9.47. The zero-order valence-electron chi connectivity index (χ0n) is 8.77. The summed E-state index contributed by atoms with van der Waals surface area (Å²) in [5, 5.41) is 19.6. The second kappa shape index (κ2) is 5.58. The maximum absolute atomic E-state index is 11.4. The molecule has 1 rings (SSSR count). The van der Waals surface area contributed by atoms with E-state index in [1.54, 1.807) is 35.6 Å². The number of nitriles is 1. The van der Waals surface area contributed by atoms with E-state index in [2.05, 4.69) is 0 Å². The molecule has 1 aromatic carbocycles. The molecule has 0 amide bonds. The van der Waals surface area contributed by atoms with Gasteiger partial charge in [-0.25, -0.2) is 4.79 Å². The van der Waals surface area contributed by atoms with Crippen molar-refractivity contribution >= 4 is 34.2 Å². The van der Waals surface area contributed by atoms with Crippen LogP contribution in [0.3, 0.4) is 0 Å². The van der Waals surface area contributed by atoms with Gasteiger partial charge in [-0.2, -0.15) is 5.26 Å². The molecule has 0 heterocycles. The number of carbonyl (C=O) groups excluding carboxylic acids is 1. The molecule has 0 fully saturated rings. The van der Waals surface area contributed by atoms with Crippen LogP contribution in [0.4, 0.5) is 5.69 Å². The Balaban J connectivity index is 3.35. The lowest BCUT2D eigenvalue weighted by Crippen LogP contribution is -2.07. The van der Waals surface area contributed by atoms with Crippen molar-refractivity contribution < 1.29 is 14.5 Å². The van der Waals surface area contributed by atoms with Crippen LogP contribution in [0.25, 0.3) is 0 Å². The molecule has 0 bridgehead atoms. The SMILES string of the molecule is CCOC(=O)c1cc(I)c(C#N)c([N+](=O)[O-])c1. The Labute approximate surface area is 110 Å². The standard InChI is InChI=1S/C10H7IN2O4/c1-2-17-10(14)6-3-8(11)7(5-12)9(4-6)13(15)16/h3-4H,2H2,1H3. The third kappa shape index (κ3) is 2.91. The average Bonchev–Trinajstić information content (AvgIpc) is 2.28. The fraction of sp³-hybridized carbons (Fsp3) is 0.200. The average molecular weight is 346 g/mol. The summed E-state index contributed by atoms with van der Waals surface area (Å²) in [6.07, 6.45) is 0. The van der Waals surface area contributed by atoms with Crippen molar-refractivity contribution in [2.45, 2.75) is 6.92 Å². The van der Waals surface area contributed by atoms with Gasteiger partial charge in [0.15, 0.2) is 0 Å². The van der Waals surface area contributed by atoms with Gasteiger partial charge in [-0.05, 0) is 35.6 Å². The highest BCUT2D eigenvalue weighted by Gasteiger charge is 2.21. The minimum Gasteiger partial charge on any atom is -0.462 e. The van der Waals surface area contributed by atoms with Gasteiger partial charge in [0.05, 0.1) is 17.1 Å². The van der Waals surface area contributed by atoms with Gasteiger partial charge in [0, 0.05) is 9.64 Å². The Hall–Kier alpha value is -1.69. The van der Waals surface area contributed by atoms with Gasteiger partial charge >= 0.3 is 5.97 Å². The summed E-state index contributed by atoms with van der Waals surface area (Å²) in [7, 11) is 0. The quantitative estimate of drug-likeness (QED) is 0.362. The number of rotatable bonds is 3. The van der Waals surface area contributed by atoms with Crippen molar-refractivity contribution in [2.75, 3.05) is 6.61 Å². The monoisotopic (exact) mass is 346 g/mol. The van der Waals surface area contributed by atoms with E-state index in [1.165, 1.54) is 6.07 Å². The first-order chi connectivity index (χ1) is 8.01. The van der Waals surface area contributed by atoms with E-state index in [0.29, 0.717) is 3.57 Å². The van der Waals surface area contributed by atoms with Crippen LogP contribution < -0.4 is 0 Å². The number of nitro benzene ring substituents is 1. The third-order valence-corrected chi connectivity index (χ3v) is 2.74. The van der Waals surface area contributed by atoms with E-state index in [-0.39, 0.29) is 23.4 Å². The zero-order chi connectivity index (χ0) is 13.0. The van der Waals surface area contributed by atoms with Crippen LogP contribution in [0.2, 0.25) is 0 Å². The molecule has 17 heavy (non-hydrogen) atoms. The number of hydrogen-bond acceptors (Lipinski definition) is 5. The lowest BCUT2D eigenvalue weighted by molar-refractivity contribution is -0.385. The second-order valence-corrected chi connectivity index (χ2v) is 4.10. The van der Waals surface area contributed by atoms with Crippen LogP contribution in [-0.2, 0) is 4.74 Å². The van der Waals surface area contributed by atoms with E-state index in [4.69, 9.17) is 10.00 Å². The van der Waals surface area contributed by atoms with Crippen LogP contribution in [0, 0.1) is 25.0 Å². The van der Waals surface area contributed by atoms with E-state index in [0.717, 1.165) is 6.07 Å². The van der Waals surface area contributed by atoms with E-state index in [9.17, 15) is 14.9 Å². The molecule has 0 atom stereocenters. The molecule has 0 aromatic heterocycles. The van der Waals surface area contributed by atoms with E-state index in [1.807, 2.05) is 0 Å². The molecule has 0 aliphatic rings. The molecule has 0 aliphatic heterocycles. The Kier molecular flexibility index (Phi) is 4.39. The fourth-order valence-corrected chi connectivity index (χ4v) is 1.91. The number of halogens is 1. The molecule has 6 nitrogen and oxygen atoms in total. The molecule has 1 aromatic rings. The predicted octanol–water partition coefficient (Wildman–Crippen LogP) is 2.25. The van der Waals surface area contributed by atoms with Crippen LogP contribution in [0.1, 0.15) is 22.8 Å². The van der Waals surface area contributed by atoms with Gasteiger partial charge in [0.1, 0.15) is 11.6 Å². The summed E-state index contributed by atoms with van der Waals surface area (Å²) < 4.78 is 5.09. The van der Waals surface area contributed by atoms with Crippen LogP contribution in [-0.4, -0.2) is 17.5 Å². The first-order valence-electron chi connectivity index (χ1n) is 4.56. The Morgan fingerprint density at radius 1 is 1.65 bits per heavy atom. The zero-order valence-corrected chi connectivity index (χ0v) is 10.9. The summed E-state index contributed by atoms with van der Waals surface area (Å²) in [5.41, 5.74) is -0.368. The van der Waals surface area contributed by atoms with E-state index >= 15 is 0 Å². The molecule has 88 valence electrons.